The van der Waals surface area contributed by atoms with E-state index in [2.05, 4.69) is 0 Å². The second-order valence-corrected chi connectivity index (χ2v) is 4.58. The third-order valence-corrected chi connectivity index (χ3v) is 3.45. The monoisotopic (exact) mass is 263 g/mol. The maximum Gasteiger partial charge on any atom is 0.329 e. The molecule has 2 aromatic rings. The van der Waals surface area contributed by atoms with Crippen LogP contribution in [0.25, 0.3) is 11.0 Å². The van der Waals surface area contributed by atoms with Crippen molar-refractivity contribution < 1.29 is 4.74 Å². The van der Waals surface area contributed by atoms with Crippen molar-refractivity contribution in [3.63, 3.8) is 0 Å². The first kappa shape index (κ1) is 13.8. The fraction of sp³-hybridized carbons (Fsp3) is 0.500. The molecule has 0 fully saturated rings. The van der Waals surface area contributed by atoms with Crippen LogP contribution in [0.15, 0.2) is 23.0 Å². The minimum Gasteiger partial charge on any atom is -0.383 e. The molecule has 0 aliphatic carbocycles. The van der Waals surface area contributed by atoms with Crippen molar-refractivity contribution >= 4 is 11.0 Å². The summed E-state index contributed by atoms with van der Waals surface area (Å²) in [4.78, 5) is 12.2. The minimum absolute atomic E-state index is 0.0393. The number of nitrogens with zero attached hydrogens (tertiary/aromatic N) is 2. The van der Waals surface area contributed by atoms with Gasteiger partial charge in [0.15, 0.2) is 0 Å². The maximum atomic E-state index is 12.2. The highest BCUT2D eigenvalue weighted by molar-refractivity contribution is 5.77. The van der Waals surface area contributed by atoms with Gasteiger partial charge < -0.3 is 10.5 Å². The quantitative estimate of drug-likeness (QED) is 0.889. The summed E-state index contributed by atoms with van der Waals surface area (Å²) in [7, 11) is 1.63. The highest BCUT2D eigenvalue weighted by Crippen LogP contribution is 2.19. The summed E-state index contributed by atoms with van der Waals surface area (Å²) in [6, 6.07) is 5.77. The lowest BCUT2D eigenvalue weighted by Gasteiger charge is -2.11. The average molecular weight is 263 g/mol. The van der Waals surface area contributed by atoms with Crippen molar-refractivity contribution in [2.24, 2.45) is 5.73 Å². The highest BCUT2D eigenvalue weighted by atomic mass is 16.5. The lowest BCUT2D eigenvalue weighted by molar-refractivity contribution is 0.181. The van der Waals surface area contributed by atoms with Gasteiger partial charge in [-0.2, -0.15) is 0 Å². The molecule has 0 amide bonds. The molecule has 5 nitrogen and oxygen atoms in total. The summed E-state index contributed by atoms with van der Waals surface area (Å²) in [6.07, 6.45) is 0. The van der Waals surface area contributed by atoms with Gasteiger partial charge in [-0.25, -0.2) is 4.79 Å². The normalized spacial score (nSPS) is 13.1. The summed E-state index contributed by atoms with van der Waals surface area (Å²) in [6.45, 7) is 5.75. The Hall–Kier alpha value is -1.59. The number of hydrogen-bond donors (Lipinski definition) is 1. The molecule has 1 aromatic carbocycles. The largest absolute Gasteiger partial charge is 0.383 e. The number of nitrogens with two attached hydrogens (primary N) is 1. The number of fused-ring (bicyclic) bond motifs is 1. The number of benzene rings is 1. The van der Waals surface area contributed by atoms with Gasteiger partial charge in [0.25, 0.3) is 0 Å². The summed E-state index contributed by atoms with van der Waals surface area (Å²) >= 11 is 0. The van der Waals surface area contributed by atoms with E-state index in [-0.39, 0.29) is 11.7 Å². The number of hydrogen-bond acceptors (Lipinski definition) is 3. The van der Waals surface area contributed by atoms with E-state index in [1.807, 2.05) is 32.0 Å². The molecule has 5 heteroatoms. The van der Waals surface area contributed by atoms with Crippen molar-refractivity contribution in [3.05, 3.63) is 34.2 Å². The fourth-order valence-corrected chi connectivity index (χ4v) is 2.45. The predicted octanol–water partition coefficient (Wildman–Crippen LogP) is 1.49. The van der Waals surface area contributed by atoms with Crippen LogP contribution in [0.5, 0.6) is 0 Å². The maximum absolute atomic E-state index is 12.2. The Morgan fingerprint density at radius 3 is 2.42 bits per heavy atom. The summed E-state index contributed by atoms with van der Waals surface area (Å²) in [5, 5.41) is 0. The van der Waals surface area contributed by atoms with Gasteiger partial charge in [-0.05, 0) is 31.5 Å². The molecule has 1 aromatic heterocycles. The van der Waals surface area contributed by atoms with Gasteiger partial charge in [-0.1, -0.05) is 6.07 Å². The Balaban J connectivity index is 2.62. The van der Waals surface area contributed by atoms with E-state index in [1.165, 1.54) is 0 Å². The number of ether oxygens (including phenoxy) is 1. The lowest BCUT2D eigenvalue weighted by Crippen LogP contribution is -2.23. The second kappa shape index (κ2) is 5.59. The number of aryl methyl sites for hydroxylation is 2. The van der Waals surface area contributed by atoms with Crippen LogP contribution in [0.3, 0.4) is 0 Å². The molecule has 1 heterocycles. The van der Waals surface area contributed by atoms with Crippen molar-refractivity contribution in [1.82, 2.24) is 9.13 Å². The molecule has 2 rings (SSSR count). The topological polar surface area (TPSA) is 62.2 Å². The standard InChI is InChI=1S/C14H21N3O2/c1-4-16-12-7-6-10(11(15)9-19-3)8-13(12)17(5-2)14(16)18/h6-8,11H,4-5,9,15H2,1-3H3. The van der Waals surface area contributed by atoms with Crippen molar-refractivity contribution in [1.29, 1.82) is 0 Å². The number of rotatable bonds is 5. The lowest BCUT2D eigenvalue weighted by atomic mass is 10.1. The van der Waals surface area contributed by atoms with E-state index >= 15 is 0 Å². The second-order valence-electron chi connectivity index (χ2n) is 4.58. The molecular formula is C14H21N3O2. The zero-order valence-electron chi connectivity index (χ0n) is 11.7. The van der Waals surface area contributed by atoms with Gasteiger partial charge in [0, 0.05) is 20.2 Å². The van der Waals surface area contributed by atoms with Gasteiger partial charge >= 0.3 is 5.69 Å². The summed E-state index contributed by atoms with van der Waals surface area (Å²) in [5.74, 6) is 0. The molecule has 0 aliphatic rings. The Morgan fingerprint density at radius 1 is 1.21 bits per heavy atom. The van der Waals surface area contributed by atoms with Crippen molar-refractivity contribution in [3.8, 4) is 0 Å². The predicted molar refractivity (Wildman–Crippen MR) is 76.4 cm³/mol. The number of methoxy groups -OCH3 is 1. The zero-order valence-corrected chi connectivity index (χ0v) is 11.7. The minimum atomic E-state index is -0.167. The Labute approximate surface area is 112 Å². The molecule has 19 heavy (non-hydrogen) atoms. The number of aromatic nitrogens is 2. The highest BCUT2D eigenvalue weighted by Gasteiger charge is 2.13. The molecule has 104 valence electrons. The molecule has 0 radical (unpaired) electrons. The molecule has 1 unspecified atom stereocenters. The van der Waals surface area contributed by atoms with Crippen LogP contribution in [0.4, 0.5) is 0 Å². The molecule has 0 saturated carbocycles. The van der Waals surface area contributed by atoms with E-state index in [0.29, 0.717) is 19.7 Å². The third kappa shape index (κ3) is 2.31. The average Bonchev–Trinajstić information content (AvgIpc) is 2.68. The SMILES string of the molecule is CCn1c(=O)n(CC)c2cc(C(N)COC)ccc21. The van der Waals surface area contributed by atoms with Gasteiger partial charge in [0.05, 0.1) is 23.7 Å². The van der Waals surface area contributed by atoms with Crippen LogP contribution in [0, 0.1) is 0 Å². The molecule has 0 aliphatic heterocycles. The first-order valence-electron chi connectivity index (χ1n) is 6.61. The van der Waals surface area contributed by atoms with Crippen LogP contribution in [-0.2, 0) is 17.8 Å². The Kier molecular flexibility index (Phi) is 4.07. The first-order valence-corrected chi connectivity index (χ1v) is 6.61. The van der Waals surface area contributed by atoms with E-state index < -0.39 is 0 Å². The Morgan fingerprint density at radius 2 is 1.84 bits per heavy atom. The molecule has 0 saturated heterocycles. The van der Waals surface area contributed by atoms with E-state index in [9.17, 15) is 4.79 Å². The van der Waals surface area contributed by atoms with E-state index in [4.69, 9.17) is 10.5 Å². The third-order valence-electron chi connectivity index (χ3n) is 3.45. The van der Waals surface area contributed by atoms with Crippen molar-refractivity contribution in [2.45, 2.75) is 33.0 Å². The van der Waals surface area contributed by atoms with Gasteiger partial charge in [-0.15, -0.1) is 0 Å². The number of imidazole rings is 1. The van der Waals surface area contributed by atoms with Gasteiger partial charge in [-0.3, -0.25) is 9.13 Å². The van der Waals surface area contributed by atoms with Crippen molar-refractivity contribution in [2.75, 3.05) is 13.7 Å². The molecule has 2 N–H and O–H groups in total. The molecular weight excluding hydrogens is 242 g/mol. The van der Waals surface area contributed by atoms with Crippen LogP contribution in [0.2, 0.25) is 0 Å². The Bertz CT molecular complexity index is 627. The smallest absolute Gasteiger partial charge is 0.329 e. The first-order chi connectivity index (χ1) is 9.13. The molecule has 1 atom stereocenters. The fourth-order valence-electron chi connectivity index (χ4n) is 2.45. The van der Waals surface area contributed by atoms with Crippen LogP contribution in [0.1, 0.15) is 25.5 Å². The van der Waals surface area contributed by atoms with Crippen LogP contribution >= 0.6 is 0 Å². The molecule has 0 bridgehead atoms. The van der Waals surface area contributed by atoms with Gasteiger partial charge in [0.2, 0.25) is 0 Å². The molecule has 0 spiro atoms. The van der Waals surface area contributed by atoms with E-state index in [1.54, 1.807) is 16.2 Å². The zero-order chi connectivity index (χ0) is 14.0. The van der Waals surface area contributed by atoms with E-state index in [0.717, 1.165) is 16.6 Å². The summed E-state index contributed by atoms with van der Waals surface area (Å²) < 4.78 is 8.64. The van der Waals surface area contributed by atoms with Crippen LogP contribution < -0.4 is 11.4 Å². The summed E-state index contributed by atoms with van der Waals surface area (Å²) in [5.41, 5.74) is 8.98. The van der Waals surface area contributed by atoms with Gasteiger partial charge in [0.1, 0.15) is 0 Å². The van der Waals surface area contributed by atoms with Crippen LogP contribution in [-0.4, -0.2) is 22.9 Å².